The van der Waals surface area contributed by atoms with Crippen LogP contribution in [0.3, 0.4) is 0 Å². The molecule has 25 heavy (non-hydrogen) atoms. The first kappa shape index (κ1) is 17.4. The van der Waals surface area contributed by atoms with E-state index in [-0.39, 0.29) is 36.6 Å². The molecule has 2 aromatic rings. The molecule has 1 unspecified atom stereocenters. The highest BCUT2D eigenvalue weighted by Gasteiger charge is 2.22. The normalized spacial score (nSPS) is 16.2. The van der Waals surface area contributed by atoms with Gasteiger partial charge >= 0.3 is 6.03 Å². The summed E-state index contributed by atoms with van der Waals surface area (Å²) in [6, 6.07) is 8.53. The predicted octanol–water partition coefficient (Wildman–Crippen LogP) is 3.33. The molecule has 6 heteroatoms. The first-order valence-electron chi connectivity index (χ1n) is 8.27. The van der Waals surface area contributed by atoms with E-state index in [4.69, 9.17) is 5.11 Å². The van der Waals surface area contributed by atoms with Crippen molar-refractivity contribution < 1.29 is 18.7 Å². The Kier molecular flexibility index (Phi) is 5.28. The topological polar surface area (TPSA) is 61.4 Å². The molecule has 2 amide bonds. The molecule has 132 valence electrons. The number of aryl methyl sites for hydroxylation is 1. The molecule has 3 N–H and O–H groups in total. The van der Waals surface area contributed by atoms with E-state index in [1.807, 2.05) is 0 Å². The Morgan fingerprint density at radius 1 is 1.20 bits per heavy atom. The Balaban J connectivity index is 1.60. The fraction of sp³-hybridized carbons (Fsp3) is 0.316. The molecule has 0 radical (unpaired) electrons. The maximum atomic E-state index is 13.4. The summed E-state index contributed by atoms with van der Waals surface area (Å²) < 4.78 is 26.7. The number of carbonyl (C=O) groups excluding carboxylic acids is 1. The Hall–Kier alpha value is -2.47. The smallest absolute Gasteiger partial charge is 0.315 e. The van der Waals surface area contributed by atoms with Gasteiger partial charge in [-0.25, -0.2) is 13.6 Å². The first-order valence-corrected chi connectivity index (χ1v) is 8.27. The summed E-state index contributed by atoms with van der Waals surface area (Å²) >= 11 is 0. The first-order chi connectivity index (χ1) is 12.1. The van der Waals surface area contributed by atoms with Gasteiger partial charge in [0.1, 0.15) is 11.6 Å². The third kappa shape index (κ3) is 4.14. The standard InChI is InChI=1S/C19H20F2N2O2/c20-15-5-6-16-13(9-15)2-1-3-18(16)23-19(25)22-10-12-4-7-17(21)14(8-12)11-24/h4-9,18,24H,1-3,10-11H2,(H2,22,23,25). The molecule has 0 bridgehead atoms. The maximum absolute atomic E-state index is 13.4. The highest BCUT2D eigenvalue weighted by molar-refractivity contribution is 5.74. The van der Waals surface area contributed by atoms with Crippen molar-refractivity contribution in [3.05, 3.63) is 70.3 Å². The van der Waals surface area contributed by atoms with Crippen molar-refractivity contribution >= 4 is 6.03 Å². The van der Waals surface area contributed by atoms with Crippen molar-refractivity contribution in [3.63, 3.8) is 0 Å². The van der Waals surface area contributed by atoms with Crippen molar-refractivity contribution in [2.45, 2.75) is 38.5 Å². The van der Waals surface area contributed by atoms with Crippen molar-refractivity contribution in [3.8, 4) is 0 Å². The molecule has 1 atom stereocenters. The van der Waals surface area contributed by atoms with Crippen LogP contribution in [0.15, 0.2) is 36.4 Å². The second-order valence-corrected chi connectivity index (χ2v) is 6.20. The van der Waals surface area contributed by atoms with Gasteiger partial charge in [0.15, 0.2) is 0 Å². The number of carbonyl (C=O) groups is 1. The van der Waals surface area contributed by atoms with E-state index in [1.54, 1.807) is 12.1 Å². The lowest BCUT2D eigenvalue weighted by Crippen LogP contribution is -2.38. The third-order valence-electron chi connectivity index (χ3n) is 4.46. The number of nitrogens with one attached hydrogen (secondary N) is 2. The number of fused-ring (bicyclic) bond motifs is 1. The van der Waals surface area contributed by atoms with E-state index in [9.17, 15) is 13.6 Å². The molecule has 1 aliphatic rings. The van der Waals surface area contributed by atoms with Crippen LogP contribution in [-0.2, 0) is 19.6 Å². The van der Waals surface area contributed by atoms with Crippen LogP contribution in [0, 0.1) is 11.6 Å². The van der Waals surface area contributed by atoms with Crippen LogP contribution in [0.4, 0.5) is 13.6 Å². The fourth-order valence-corrected chi connectivity index (χ4v) is 3.18. The van der Waals surface area contributed by atoms with E-state index >= 15 is 0 Å². The lowest BCUT2D eigenvalue weighted by Gasteiger charge is -2.26. The van der Waals surface area contributed by atoms with Crippen LogP contribution in [0.25, 0.3) is 0 Å². The second-order valence-electron chi connectivity index (χ2n) is 6.20. The number of aliphatic hydroxyl groups excluding tert-OH is 1. The summed E-state index contributed by atoms with van der Waals surface area (Å²) in [5.41, 5.74) is 2.78. The van der Waals surface area contributed by atoms with Crippen molar-refractivity contribution in [1.82, 2.24) is 10.6 Å². The Labute approximate surface area is 144 Å². The number of benzene rings is 2. The molecule has 0 heterocycles. The number of aliphatic hydroxyl groups is 1. The van der Waals surface area contributed by atoms with E-state index in [2.05, 4.69) is 10.6 Å². The molecule has 0 spiro atoms. The number of amides is 2. The van der Waals surface area contributed by atoms with E-state index in [0.29, 0.717) is 5.56 Å². The number of halogens is 2. The Morgan fingerprint density at radius 2 is 2.04 bits per heavy atom. The summed E-state index contributed by atoms with van der Waals surface area (Å²) in [7, 11) is 0. The summed E-state index contributed by atoms with van der Waals surface area (Å²) in [5.74, 6) is -0.735. The zero-order valence-electron chi connectivity index (χ0n) is 13.7. The third-order valence-corrected chi connectivity index (χ3v) is 4.46. The van der Waals surface area contributed by atoms with Crippen molar-refractivity contribution in [2.75, 3.05) is 0 Å². The molecule has 0 aliphatic heterocycles. The molecule has 0 saturated carbocycles. The van der Waals surface area contributed by atoms with E-state index < -0.39 is 5.82 Å². The van der Waals surface area contributed by atoms with Crippen LogP contribution < -0.4 is 10.6 Å². The van der Waals surface area contributed by atoms with Gasteiger partial charge in [-0.15, -0.1) is 0 Å². The number of urea groups is 1. The molecule has 0 aromatic heterocycles. The average Bonchev–Trinajstić information content (AvgIpc) is 2.61. The second kappa shape index (κ2) is 7.61. The van der Waals surface area contributed by atoms with Crippen LogP contribution in [-0.4, -0.2) is 11.1 Å². The number of rotatable bonds is 4. The summed E-state index contributed by atoms with van der Waals surface area (Å²) in [6.07, 6.45) is 2.50. The molecule has 3 rings (SSSR count). The van der Waals surface area contributed by atoms with Crippen LogP contribution in [0.1, 0.15) is 41.1 Å². The Morgan fingerprint density at radius 3 is 2.84 bits per heavy atom. The van der Waals surface area contributed by atoms with Gasteiger partial charge in [0.25, 0.3) is 0 Å². The SMILES string of the molecule is O=C(NCc1ccc(F)c(CO)c1)NC1CCCc2cc(F)ccc21. The maximum Gasteiger partial charge on any atom is 0.315 e. The minimum atomic E-state index is -0.471. The zero-order chi connectivity index (χ0) is 17.8. The number of hydrogen-bond acceptors (Lipinski definition) is 2. The van der Waals surface area contributed by atoms with Gasteiger partial charge in [-0.05, 0) is 60.2 Å². The van der Waals surface area contributed by atoms with Gasteiger partial charge in [-0.1, -0.05) is 12.1 Å². The minimum Gasteiger partial charge on any atom is -0.392 e. The largest absolute Gasteiger partial charge is 0.392 e. The highest BCUT2D eigenvalue weighted by atomic mass is 19.1. The number of hydrogen-bond donors (Lipinski definition) is 3. The van der Waals surface area contributed by atoms with E-state index in [0.717, 1.165) is 30.4 Å². The minimum absolute atomic E-state index is 0.148. The van der Waals surface area contributed by atoms with E-state index in [1.165, 1.54) is 24.3 Å². The zero-order valence-corrected chi connectivity index (χ0v) is 13.7. The van der Waals surface area contributed by atoms with Gasteiger partial charge in [0, 0.05) is 12.1 Å². The molecule has 2 aromatic carbocycles. The molecular formula is C19H20F2N2O2. The van der Waals surface area contributed by atoms with Crippen LogP contribution in [0.5, 0.6) is 0 Å². The highest BCUT2D eigenvalue weighted by Crippen LogP contribution is 2.30. The quantitative estimate of drug-likeness (QED) is 0.795. The molecule has 4 nitrogen and oxygen atoms in total. The summed E-state index contributed by atoms with van der Waals surface area (Å²) in [4.78, 5) is 12.2. The molecule has 1 aliphatic carbocycles. The molecular weight excluding hydrogens is 326 g/mol. The summed E-state index contributed by atoms with van der Waals surface area (Å²) in [5, 5.41) is 14.7. The summed E-state index contributed by atoms with van der Waals surface area (Å²) in [6.45, 7) is -0.163. The van der Waals surface area contributed by atoms with Crippen LogP contribution >= 0.6 is 0 Å². The molecule has 0 fully saturated rings. The monoisotopic (exact) mass is 346 g/mol. The lowest BCUT2D eigenvalue weighted by molar-refractivity contribution is 0.235. The predicted molar refractivity (Wildman–Crippen MR) is 89.8 cm³/mol. The fourth-order valence-electron chi connectivity index (χ4n) is 3.18. The van der Waals surface area contributed by atoms with Crippen molar-refractivity contribution in [1.29, 1.82) is 0 Å². The van der Waals surface area contributed by atoms with Crippen molar-refractivity contribution in [2.24, 2.45) is 0 Å². The van der Waals surface area contributed by atoms with Gasteiger partial charge in [0.05, 0.1) is 12.6 Å². The van der Waals surface area contributed by atoms with Gasteiger partial charge in [0.2, 0.25) is 0 Å². The molecule has 0 saturated heterocycles. The average molecular weight is 346 g/mol. The Bertz CT molecular complexity index is 780. The lowest BCUT2D eigenvalue weighted by atomic mass is 9.88. The van der Waals surface area contributed by atoms with Gasteiger partial charge in [-0.2, -0.15) is 0 Å². The van der Waals surface area contributed by atoms with Gasteiger partial charge in [-0.3, -0.25) is 0 Å². The van der Waals surface area contributed by atoms with Gasteiger partial charge < -0.3 is 15.7 Å². The van der Waals surface area contributed by atoms with Crippen LogP contribution in [0.2, 0.25) is 0 Å².